The molecule has 0 radical (unpaired) electrons. The highest BCUT2D eigenvalue weighted by atomic mass is 79.9. The van der Waals surface area contributed by atoms with Crippen molar-refractivity contribution in [3.05, 3.63) is 112 Å². The van der Waals surface area contributed by atoms with Gasteiger partial charge < -0.3 is 9.73 Å². The maximum absolute atomic E-state index is 12.7. The highest BCUT2D eigenvalue weighted by Gasteiger charge is 2.17. The molecule has 8 heteroatoms. The number of nitrogens with one attached hydrogen (secondary N) is 1. The predicted molar refractivity (Wildman–Crippen MR) is 142 cm³/mol. The maximum atomic E-state index is 12.7. The highest BCUT2D eigenvalue weighted by molar-refractivity contribution is 9.10. The number of para-hydroxylation sites is 1. The molecule has 0 aliphatic rings. The third-order valence-electron chi connectivity index (χ3n) is 5.36. The van der Waals surface area contributed by atoms with Gasteiger partial charge in [0, 0.05) is 28.3 Å². The minimum Gasteiger partial charge on any atom is -0.422 e. The number of halogens is 1. The van der Waals surface area contributed by atoms with E-state index in [0.29, 0.717) is 28.5 Å². The van der Waals surface area contributed by atoms with E-state index in [9.17, 15) is 9.59 Å². The van der Waals surface area contributed by atoms with E-state index >= 15 is 0 Å². The van der Waals surface area contributed by atoms with Crippen molar-refractivity contribution in [2.75, 3.05) is 5.75 Å². The van der Waals surface area contributed by atoms with E-state index in [1.54, 1.807) is 18.3 Å². The highest BCUT2D eigenvalue weighted by Crippen LogP contribution is 2.28. The number of hydrogen-bond acceptors (Lipinski definition) is 5. The number of rotatable bonds is 7. The molecule has 0 unspecified atom stereocenters. The summed E-state index contributed by atoms with van der Waals surface area (Å²) in [5, 5.41) is 4.35. The van der Waals surface area contributed by atoms with Gasteiger partial charge in [0.25, 0.3) is 0 Å². The van der Waals surface area contributed by atoms with Crippen LogP contribution >= 0.6 is 27.7 Å². The number of nitrogens with zero attached hydrogens (tertiary/aromatic N) is 2. The van der Waals surface area contributed by atoms with Gasteiger partial charge in [0.15, 0.2) is 5.16 Å². The molecule has 5 aromatic rings. The number of fused-ring (bicyclic) bond motifs is 1. The summed E-state index contributed by atoms with van der Waals surface area (Å²) in [6.07, 6.45) is 1.80. The summed E-state index contributed by atoms with van der Waals surface area (Å²) in [5.41, 5.74) is 2.82. The first-order chi connectivity index (χ1) is 17.1. The molecule has 5 rings (SSSR count). The van der Waals surface area contributed by atoms with Crippen LogP contribution in [0.3, 0.4) is 0 Å². The third-order valence-corrected chi connectivity index (χ3v) is 6.84. The van der Waals surface area contributed by atoms with Crippen molar-refractivity contribution in [1.82, 2.24) is 14.9 Å². The Morgan fingerprint density at radius 2 is 1.74 bits per heavy atom. The van der Waals surface area contributed by atoms with Crippen LogP contribution in [0.15, 0.2) is 110 Å². The molecule has 1 N–H and O–H groups in total. The molecule has 3 aromatic carbocycles. The van der Waals surface area contributed by atoms with E-state index in [1.807, 2.05) is 77.4 Å². The molecule has 2 heterocycles. The number of carbonyl (C=O) groups is 1. The number of imidazole rings is 1. The van der Waals surface area contributed by atoms with Crippen LogP contribution < -0.4 is 10.9 Å². The lowest BCUT2D eigenvalue weighted by Crippen LogP contribution is -2.24. The number of hydrogen-bond donors (Lipinski definition) is 1. The van der Waals surface area contributed by atoms with Crippen LogP contribution in [-0.2, 0) is 11.3 Å². The van der Waals surface area contributed by atoms with Crippen LogP contribution in [0.5, 0.6) is 0 Å². The van der Waals surface area contributed by atoms with Gasteiger partial charge >= 0.3 is 5.63 Å². The van der Waals surface area contributed by atoms with Gasteiger partial charge in [-0.05, 0) is 42.0 Å². The van der Waals surface area contributed by atoms with E-state index in [2.05, 4.69) is 21.2 Å². The molecule has 0 aliphatic heterocycles. The first-order valence-electron chi connectivity index (χ1n) is 10.9. The summed E-state index contributed by atoms with van der Waals surface area (Å²) >= 11 is 4.77. The normalized spacial score (nSPS) is 11.0. The molecule has 35 heavy (non-hydrogen) atoms. The first-order valence-corrected chi connectivity index (χ1v) is 12.7. The van der Waals surface area contributed by atoms with Crippen molar-refractivity contribution >= 4 is 44.6 Å². The third kappa shape index (κ3) is 5.39. The molecule has 0 bridgehead atoms. The molecule has 0 saturated heterocycles. The van der Waals surface area contributed by atoms with Crippen molar-refractivity contribution in [3.63, 3.8) is 0 Å². The van der Waals surface area contributed by atoms with Gasteiger partial charge in [-0.15, -0.1) is 0 Å². The van der Waals surface area contributed by atoms with Crippen LogP contribution in [0.1, 0.15) is 5.56 Å². The zero-order valence-electron chi connectivity index (χ0n) is 18.5. The van der Waals surface area contributed by atoms with Gasteiger partial charge in [-0.2, -0.15) is 0 Å². The summed E-state index contributed by atoms with van der Waals surface area (Å²) in [7, 11) is 0. The van der Waals surface area contributed by atoms with Crippen molar-refractivity contribution in [2.45, 2.75) is 11.7 Å². The average Bonchev–Trinajstić information content (AvgIpc) is 3.31. The summed E-state index contributed by atoms with van der Waals surface area (Å²) in [4.78, 5) is 30.0. The molecule has 1 amide bonds. The fourth-order valence-corrected chi connectivity index (χ4v) is 4.69. The topological polar surface area (TPSA) is 77.1 Å². The van der Waals surface area contributed by atoms with Gasteiger partial charge in [-0.1, -0.05) is 76.2 Å². The Morgan fingerprint density at radius 3 is 2.54 bits per heavy atom. The molecule has 0 atom stereocenters. The van der Waals surface area contributed by atoms with E-state index in [4.69, 9.17) is 9.40 Å². The molecular formula is C27H20BrN3O3S. The standard InChI is InChI=1S/C27H20BrN3O3S/c28-20-10-12-21(13-11-20)31-16-23(22-14-19-8-4-5-9-24(19)34-26(22)33)30-27(31)35-17-25(32)29-15-18-6-2-1-3-7-18/h1-14,16H,15,17H2,(H,29,32). The number of amides is 1. The Labute approximate surface area is 214 Å². The van der Waals surface area contributed by atoms with Crippen LogP contribution in [0.25, 0.3) is 27.9 Å². The summed E-state index contributed by atoms with van der Waals surface area (Å²) in [6, 6.07) is 26.7. The quantitative estimate of drug-likeness (QED) is 0.206. The molecule has 0 aliphatic carbocycles. The monoisotopic (exact) mass is 545 g/mol. The number of aromatic nitrogens is 2. The number of thioether (sulfide) groups is 1. The number of carbonyl (C=O) groups excluding carboxylic acids is 1. The van der Waals surface area contributed by atoms with Crippen molar-refractivity contribution in [2.24, 2.45) is 0 Å². The lowest BCUT2D eigenvalue weighted by molar-refractivity contribution is -0.118. The van der Waals surface area contributed by atoms with Gasteiger partial charge in [0.2, 0.25) is 5.91 Å². The Balaban J connectivity index is 1.43. The minimum absolute atomic E-state index is 0.101. The second-order valence-corrected chi connectivity index (χ2v) is 9.65. The lowest BCUT2D eigenvalue weighted by Gasteiger charge is -2.08. The number of benzene rings is 3. The van der Waals surface area contributed by atoms with E-state index in [0.717, 1.165) is 21.1 Å². The Hall–Kier alpha value is -3.62. The summed E-state index contributed by atoms with van der Waals surface area (Å²) in [6.45, 7) is 0.463. The summed E-state index contributed by atoms with van der Waals surface area (Å²) < 4.78 is 8.34. The maximum Gasteiger partial charge on any atom is 0.345 e. The SMILES string of the molecule is O=C(CSc1nc(-c2cc3ccccc3oc2=O)cn1-c1ccc(Br)cc1)NCc1ccccc1. The van der Waals surface area contributed by atoms with E-state index in [1.165, 1.54) is 11.8 Å². The van der Waals surface area contributed by atoms with Gasteiger partial charge in [-0.3, -0.25) is 9.36 Å². The fraction of sp³-hybridized carbons (Fsp3) is 0.0741. The second-order valence-electron chi connectivity index (χ2n) is 7.79. The molecule has 0 saturated carbocycles. The van der Waals surface area contributed by atoms with Gasteiger partial charge in [-0.25, -0.2) is 9.78 Å². The smallest absolute Gasteiger partial charge is 0.345 e. The van der Waals surface area contributed by atoms with Crippen molar-refractivity contribution in [3.8, 4) is 16.9 Å². The molecule has 2 aromatic heterocycles. The lowest BCUT2D eigenvalue weighted by atomic mass is 10.1. The Kier molecular flexibility index (Phi) is 6.83. The van der Waals surface area contributed by atoms with E-state index < -0.39 is 5.63 Å². The zero-order valence-corrected chi connectivity index (χ0v) is 20.9. The predicted octanol–water partition coefficient (Wildman–Crippen LogP) is 5.82. The zero-order chi connectivity index (χ0) is 24.2. The first kappa shape index (κ1) is 23.1. The van der Waals surface area contributed by atoms with Crippen molar-refractivity contribution in [1.29, 1.82) is 0 Å². The Morgan fingerprint density at radius 1 is 1.00 bits per heavy atom. The van der Waals surface area contributed by atoms with E-state index in [-0.39, 0.29) is 11.7 Å². The van der Waals surface area contributed by atoms with Crippen molar-refractivity contribution < 1.29 is 9.21 Å². The minimum atomic E-state index is -0.457. The van der Waals surface area contributed by atoms with Crippen LogP contribution in [0.4, 0.5) is 0 Å². The largest absolute Gasteiger partial charge is 0.422 e. The van der Waals surface area contributed by atoms with Crippen LogP contribution in [0.2, 0.25) is 0 Å². The fourth-order valence-electron chi connectivity index (χ4n) is 3.60. The molecule has 0 spiro atoms. The Bertz CT molecular complexity index is 1550. The average molecular weight is 546 g/mol. The van der Waals surface area contributed by atoms with Crippen LogP contribution in [-0.4, -0.2) is 21.2 Å². The molecular weight excluding hydrogens is 526 g/mol. The molecule has 0 fully saturated rings. The van der Waals surface area contributed by atoms with Gasteiger partial charge in [0.1, 0.15) is 5.58 Å². The van der Waals surface area contributed by atoms with Gasteiger partial charge in [0.05, 0.1) is 17.0 Å². The molecule has 174 valence electrons. The van der Waals surface area contributed by atoms with Crippen LogP contribution in [0, 0.1) is 0 Å². The molecule has 6 nitrogen and oxygen atoms in total. The summed E-state index contributed by atoms with van der Waals surface area (Å²) in [5.74, 6) is 0.0857. The second kappa shape index (κ2) is 10.3.